The molecule has 0 unspecified atom stereocenters. The molecule has 2 N–H and O–H groups in total. The largest absolute Gasteiger partial charge is 0.338 e. The number of allylic oxidation sites excluding steroid dienone is 1. The number of amides is 2. The summed E-state index contributed by atoms with van der Waals surface area (Å²) < 4.78 is 0. The molecule has 0 radical (unpaired) electrons. The number of anilines is 1. The lowest BCUT2D eigenvalue weighted by Crippen LogP contribution is -2.29. The molecule has 1 aliphatic rings. The van der Waals surface area contributed by atoms with Crippen molar-refractivity contribution < 1.29 is 9.59 Å². The number of urea groups is 1. The maximum atomic E-state index is 11.7. The molecule has 0 saturated heterocycles. The second kappa shape index (κ2) is 6.89. The lowest BCUT2D eigenvalue weighted by atomic mass is 10.1. The third-order valence-corrected chi connectivity index (χ3v) is 3.39. The average Bonchev–Trinajstić information content (AvgIpc) is 2.92. The van der Waals surface area contributed by atoms with Crippen molar-refractivity contribution in [3.63, 3.8) is 0 Å². The number of Topliss-reactive ketones (excluding diaryl/α,β-unsaturated/α-hetero) is 1. The molecule has 0 spiro atoms. The summed E-state index contributed by atoms with van der Waals surface area (Å²) in [5.74, 6) is -0.0118. The Hall–Kier alpha value is -2.10. The van der Waals surface area contributed by atoms with Crippen LogP contribution in [0, 0.1) is 0 Å². The summed E-state index contributed by atoms with van der Waals surface area (Å²) in [5, 5.41) is 5.57. The smallest absolute Gasteiger partial charge is 0.319 e. The Balaban J connectivity index is 1.78. The van der Waals surface area contributed by atoms with Crippen LogP contribution in [0.4, 0.5) is 10.5 Å². The van der Waals surface area contributed by atoms with Crippen molar-refractivity contribution >= 4 is 17.5 Å². The van der Waals surface area contributed by atoms with Crippen molar-refractivity contribution in [1.29, 1.82) is 0 Å². The summed E-state index contributed by atoms with van der Waals surface area (Å²) >= 11 is 0. The first-order chi connectivity index (χ1) is 9.65. The van der Waals surface area contributed by atoms with Crippen molar-refractivity contribution in [3.8, 4) is 0 Å². The number of nitrogens with one attached hydrogen (secondary N) is 2. The van der Waals surface area contributed by atoms with E-state index in [2.05, 4.69) is 16.7 Å². The van der Waals surface area contributed by atoms with Gasteiger partial charge in [0.15, 0.2) is 5.78 Å². The minimum absolute atomic E-state index is 0.0118. The molecule has 0 saturated carbocycles. The van der Waals surface area contributed by atoms with E-state index in [-0.39, 0.29) is 11.8 Å². The highest BCUT2D eigenvalue weighted by molar-refractivity contribution is 5.96. The monoisotopic (exact) mass is 272 g/mol. The van der Waals surface area contributed by atoms with Gasteiger partial charge in [0, 0.05) is 17.8 Å². The predicted octanol–water partition coefficient (Wildman–Crippen LogP) is 3.51. The minimum Gasteiger partial charge on any atom is -0.338 e. The van der Waals surface area contributed by atoms with Crippen LogP contribution in [0.3, 0.4) is 0 Å². The first-order valence-electron chi connectivity index (χ1n) is 6.99. The van der Waals surface area contributed by atoms with Gasteiger partial charge in [-0.25, -0.2) is 4.79 Å². The fourth-order valence-electron chi connectivity index (χ4n) is 2.29. The summed E-state index contributed by atoms with van der Waals surface area (Å²) in [6.07, 6.45) is 6.74. The van der Waals surface area contributed by atoms with Gasteiger partial charge in [-0.2, -0.15) is 0 Å². The van der Waals surface area contributed by atoms with Crippen LogP contribution in [0.2, 0.25) is 0 Å². The van der Waals surface area contributed by atoms with E-state index in [9.17, 15) is 9.59 Å². The van der Waals surface area contributed by atoms with E-state index in [0.717, 1.165) is 12.8 Å². The van der Waals surface area contributed by atoms with Gasteiger partial charge in [-0.3, -0.25) is 4.79 Å². The normalized spacial score (nSPS) is 13.8. The molecular weight excluding hydrogens is 252 g/mol. The summed E-state index contributed by atoms with van der Waals surface area (Å²) in [7, 11) is 0. The Labute approximate surface area is 119 Å². The number of hydrogen-bond acceptors (Lipinski definition) is 2. The van der Waals surface area contributed by atoms with Gasteiger partial charge < -0.3 is 10.6 Å². The zero-order valence-electron chi connectivity index (χ0n) is 11.7. The molecule has 0 fully saturated rings. The van der Waals surface area contributed by atoms with Crippen molar-refractivity contribution in [2.45, 2.75) is 32.6 Å². The van der Waals surface area contributed by atoms with E-state index >= 15 is 0 Å². The maximum Gasteiger partial charge on any atom is 0.319 e. The molecule has 0 bridgehead atoms. The molecular formula is C16H20N2O2. The molecule has 2 rings (SSSR count). The number of ketones is 1. The van der Waals surface area contributed by atoms with Crippen LogP contribution in [0.5, 0.6) is 0 Å². The number of rotatable bonds is 5. The van der Waals surface area contributed by atoms with Gasteiger partial charge in [0.05, 0.1) is 0 Å². The second-order valence-corrected chi connectivity index (χ2v) is 5.02. The fourth-order valence-corrected chi connectivity index (χ4v) is 2.29. The topological polar surface area (TPSA) is 58.2 Å². The van der Waals surface area contributed by atoms with Crippen molar-refractivity contribution in [2.24, 2.45) is 0 Å². The molecule has 4 nitrogen and oxygen atoms in total. The number of carbonyl (C=O) groups is 2. The highest BCUT2D eigenvalue weighted by Crippen LogP contribution is 2.19. The molecule has 20 heavy (non-hydrogen) atoms. The van der Waals surface area contributed by atoms with Crippen molar-refractivity contribution in [2.75, 3.05) is 11.9 Å². The highest BCUT2D eigenvalue weighted by atomic mass is 16.2. The average molecular weight is 272 g/mol. The van der Waals surface area contributed by atoms with Gasteiger partial charge in [-0.15, -0.1) is 0 Å². The molecule has 0 aliphatic heterocycles. The van der Waals surface area contributed by atoms with Crippen molar-refractivity contribution in [3.05, 3.63) is 41.5 Å². The highest BCUT2D eigenvalue weighted by Gasteiger charge is 2.06. The third-order valence-electron chi connectivity index (χ3n) is 3.39. The molecule has 1 aliphatic carbocycles. The van der Waals surface area contributed by atoms with E-state index < -0.39 is 0 Å². The van der Waals surface area contributed by atoms with Gasteiger partial charge >= 0.3 is 6.03 Å². The molecule has 106 valence electrons. The van der Waals surface area contributed by atoms with Crippen LogP contribution >= 0.6 is 0 Å². The predicted molar refractivity (Wildman–Crippen MR) is 80.0 cm³/mol. The Kier molecular flexibility index (Phi) is 4.93. The van der Waals surface area contributed by atoms with Crippen molar-refractivity contribution in [1.82, 2.24) is 5.32 Å². The first kappa shape index (κ1) is 14.3. The molecule has 0 atom stereocenters. The minimum atomic E-state index is -0.232. The Morgan fingerprint density at radius 3 is 2.85 bits per heavy atom. The Morgan fingerprint density at radius 1 is 1.30 bits per heavy atom. The Bertz CT molecular complexity index is 535. The lowest BCUT2D eigenvalue weighted by molar-refractivity contribution is 0.101. The molecule has 0 heterocycles. The van der Waals surface area contributed by atoms with Gasteiger partial charge in [0.25, 0.3) is 0 Å². The summed E-state index contributed by atoms with van der Waals surface area (Å²) in [6.45, 7) is 2.15. The second-order valence-electron chi connectivity index (χ2n) is 5.02. The van der Waals surface area contributed by atoms with Crippen LogP contribution in [-0.2, 0) is 0 Å². The SMILES string of the molecule is CC(=O)c1cccc(NC(=O)NCCC2=CCCC2)c1. The van der Waals surface area contributed by atoms with E-state index in [4.69, 9.17) is 0 Å². The lowest BCUT2D eigenvalue weighted by Gasteiger charge is -2.08. The van der Waals surface area contributed by atoms with Gasteiger partial charge in [0.1, 0.15) is 0 Å². The quantitative estimate of drug-likeness (QED) is 0.636. The summed E-state index contributed by atoms with van der Waals surface area (Å²) in [5.41, 5.74) is 2.66. The van der Waals surface area contributed by atoms with Crippen LogP contribution in [-0.4, -0.2) is 18.4 Å². The maximum absolute atomic E-state index is 11.7. The van der Waals surface area contributed by atoms with E-state index in [1.807, 2.05) is 0 Å². The molecule has 1 aromatic rings. The summed E-state index contributed by atoms with van der Waals surface area (Å²) in [6, 6.07) is 6.71. The van der Waals surface area contributed by atoms with Gasteiger partial charge in [-0.1, -0.05) is 23.8 Å². The number of carbonyl (C=O) groups excluding carboxylic acids is 2. The van der Waals surface area contributed by atoms with E-state index in [1.54, 1.807) is 24.3 Å². The third kappa shape index (κ3) is 4.23. The summed E-state index contributed by atoms with van der Waals surface area (Å²) in [4.78, 5) is 23.0. The molecule has 4 heteroatoms. The van der Waals surface area contributed by atoms with Gasteiger partial charge in [0.2, 0.25) is 0 Å². The number of hydrogen-bond donors (Lipinski definition) is 2. The van der Waals surface area contributed by atoms with Crippen LogP contribution in [0.15, 0.2) is 35.9 Å². The fraction of sp³-hybridized carbons (Fsp3) is 0.375. The molecule has 1 aromatic carbocycles. The first-order valence-corrected chi connectivity index (χ1v) is 6.99. The van der Waals surface area contributed by atoms with E-state index in [1.165, 1.54) is 25.3 Å². The number of benzene rings is 1. The zero-order valence-corrected chi connectivity index (χ0v) is 11.7. The van der Waals surface area contributed by atoms with E-state index in [0.29, 0.717) is 17.8 Å². The molecule has 2 amide bonds. The molecule has 0 aromatic heterocycles. The van der Waals surface area contributed by atoms with Crippen LogP contribution in [0.1, 0.15) is 43.0 Å². The van der Waals surface area contributed by atoms with Crippen LogP contribution < -0.4 is 10.6 Å². The standard InChI is InChI=1S/C16H20N2O2/c1-12(19)14-7-4-8-15(11-14)18-16(20)17-10-9-13-5-2-3-6-13/h4-5,7-8,11H,2-3,6,9-10H2,1H3,(H2,17,18,20). The van der Waals surface area contributed by atoms with Crippen LogP contribution in [0.25, 0.3) is 0 Å². The van der Waals surface area contributed by atoms with Gasteiger partial charge in [-0.05, 0) is 44.7 Å². The Morgan fingerprint density at radius 2 is 2.15 bits per heavy atom. The zero-order chi connectivity index (χ0) is 14.4.